The van der Waals surface area contributed by atoms with Gasteiger partial charge in [0.05, 0.1) is 12.3 Å². The van der Waals surface area contributed by atoms with Crippen LogP contribution in [0.2, 0.25) is 5.02 Å². The molecule has 1 atom stereocenters. The van der Waals surface area contributed by atoms with Gasteiger partial charge in [0, 0.05) is 17.1 Å². The Balaban J connectivity index is 1.89. The van der Waals surface area contributed by atoms with Crippen LogP contribution >= 0.6 is 11.6 Å². The lowest BCUT2D eigenvalue weighted by atomic mass is 9.98. The number of carbonyl (C=O) groups excluding carboxylic acids is 1. The van der Waals surface area contributed by atoms with Crippen LogP contribution in [0.5, 0.6) is 0 Å². The predicted octanol–water partition coefficient (Wildman–Crippen LogP) is 4.28. The SMILES string of the molecule is CCCN1C(=O)c2n[nH]c(-c3ccco3)c2[C@H]1c1ccc(Cl)cc1. The lowest BCUT2D eigenvalue weighted by Crippen LogP contribution is -2.30. The van der Waals surface area contributed by atoms with E-state index in [9.17, 15) is 4.79 Å². The molecule has 3 heterocycles. The maximum Gasteiger partial charge on any atom is 0.275 e. The highest BCUT2D eigenvalue weighted by atomic mass is 35.5. The van der Waals surface area contributed by atoms with Gasteiger partial charge in [-0.05, 0) is 36.2 Å². The van der Waals surface area contributed by atoms with Crippen molar-refractivity contribution in [2.75, 3.05) is 6.54 Å². The number of nitrogens with one attached hydrogen (secondary N) is 1. The summed E-state index contributed by atoms with van der Waals surface area (Å²) >= 11 is 6.02. The van der Waals surface area contributed by atoms with Gasteiger partial charge in [-0.1, -0.05) is 30.7 Å². The zero-order chi connectivity index (χ0) is 16.7. The quantitative estimate of drug-likeness (QED) is 0.770. The molecule has 122 valence electrons. The summed E-state index contributed by atoms with van der Waals surface area (Å²) in [6.45, 7) is 2.72. The van der Waals surface area contributed by atoms with Crippen LogP contribution in [0.1, 0.15) is 41.0 Å². The number of hydrogen-bond acceptors (Lipinski definition) is 3. The van der Waals surface area contributed by atoms with E-state index >= 15 is 0 Å². The number of furan rings is 1. The number of amides is 1. The summed E-state index contributed by atoms with van der Waals surface area (Å²) in [6, 6.07) is 11.1. The third kappa shape index (κ3) is 2.24. The molecule has 1 aliphatic rings. The number of H-pyrrole nitrogens is 1. The van der Waals surface area contributed by atoms with E-state index in [4.69, 9.17) is 16.0 Å². The minimum atomic E-state index is -0.191. The second-order valence-electron chi connectivity index (χ2n) is 5.79. The maximum atomic E-state index is 12.8. The topological polar surface area (TPSA) is 62.1 Å². The molecule has 1 N–H and O–H groups in total. The molecule has 2 aromatic heterocycles. The summed E-state index contributed by atoms with van der Waals surface area (Å²) in [7, 11) is 0. The molecule has 3 aromatic rings. The van der Waals surface area contributed by atoms with E-state index in [1.54, 1.807) is 6.26 Å². The first-order valence-corrected chi connectivity index (χ1v) is 8.27. The number of halogens is 1. The largest absolute Gasteiger partial charge is 0.463 e. The second-order valence-corrected chi connectivity index (χ2v) is 6.23. The van der Waals surface area contributed by atoms with Gasteiger partial charge in [-0.2, -0.15) is 5.10 Å². The van der Waals surface area contributed by atoms with Gasteiger partial charge in [0.1, 0.15) is 5.69 Å². The van der Waals surface area contributed by atoms with E-state index in [2.05, 4.69) is 17.1 Å². The number of hydrogen-bond donors (Lipinski definition) is 1. The monoisotopic (exact) mass is 341 g/mol. The van der Waals surface area contributed by atoms with Crippen molar-refractivity contribution < 1.29 is 9.21 Å². The number of carbonyl (C=O) groups is 1. The summed E-state index contributed by atoms with van der Waals surface area (Å²) in [4.78, 5) is 14.7. The van der Waals surface area contributed by atoms with Crippen LogP contribution in [-0.4, -0.2) is 27.5 Å². The first-order chi connectivity index (χ1) is 11.7. The van der Waals surface area contributed by atoms with Crippen LogP contribution in [0.3, 0.4) is 0 Å². The Morgan fingerprint density at radius 1 is 1.29 bits per heavy atom. The van der Waals surface area contributed by atoms with Gasteiger partial charge >= 0.3 is 0 Å². The van der Waals surface area contributed by atoms with Crippen LogP contribution in [0.4, 0.5) is 0 Å². The average Bonchev–Trinajstić information content (AvgIpc) is 3.28. The Bertz CT molecular complexity index is 868. The van der Waals surface area contributed by atoms with Crippen molar-refractivity contribution in [3.05, 3.63) is 64.5 Å². The Kier molecular flexibility index (Phi) is 3.65. The predicted molar refractivity (Wildman–Crippen MR) is 90.9 cm³/mol. The Morgan fingerprint density at radius 2 is 2.08 bits per heavy atom. The zero-order valence-corrected chi connectivity index (χ0v) is 13.9. The summed E-state index contributed by atoms with van der Waals surface area (Å²) < 4.78 is 5.51. The summed E-state index contributed by atoms with van der Waals surface area (Å²) in [5, 5.41) is 7.89. The first kappa shape index (κ1) is 15.0. The number of aromatic nitrogens is 2. The maximum absolute atomic E-state index is 12.8. The van der Waals surface area contributed by atoms with E-state index in [0.717, 1.165) is 23.2 Å². The fourth-order valence-electron chi connectivity index (χ4n) is 3.26. The van der Waals surface area contributed by atoms with Gasteiger partial charge in [-0.25, -0.2) is 0 Å². The van der Waals surface area contributed by atoms with Crippen molar-refractivity contribution in [2.24, 2.45) is 0 Å². The minimum absolute atomic E-state index is 0.0548. The van der Waals surface area contributed by atoms with Crippen molar-refractivity contribution >= 4 is 17.5 Å². The third-order valence-corrected chi connectivity index (χ3v) is 4.52. The highest BCUT2D eigenvalue weighted by molar-refractivity contribution is 6.30. The Morgan fingerprint density at radius 3 is 2.75 bits per heavy atom. The van der Waals surface area contributed by atoms with Crippen LogP contribution in [-0.2, 0) is 0 Å². The van der Waals surface area contributed by atoms with Gasteiger partial charge in [0.15, 0.2) is 11.5 Å². The summed E-state index contributed by atoms with van der Waals surface area (Å²) in [6.07, 6.45) is 2.49. The lowest BCUT2D eigenvalue weighted by molar-refractivity contribution is 0.0744. The molecule has 24 heavy (non-hydrogen) atoms. The highest BCUT2D eigenvalue weighted by Gasteiger charge is 2.42. The highest BCUT2D eigenvalue weighted by Crippen LogP contribution is 2.42. The Hall–Kier alpha value is -2.53. The van der Waals surface area contributed by atoms with E-state index in [1.165, 1.54) is 0 Å². The standard InChI is InChI=1S/C18H16ClN3O2/c1-2-9-22-17(11-5-7-12(19)8-6-11)14-15(13-4-3-10-24-13)20-21-16(14)18(22)23/h3-8,10,17H,2,9H2,1H3,(H,20,21)/t17-/m1/s1. The molecule has 0 aliphatic carbocycles. The smallest absolute Gasteiger partial charge is 0.275 e. The number of aromatic amines is 1. The molecule has 0 radical (unpaired) electrons. The molecule has 1 amide bonds. The second kappa shape index (κ2) is 5.83. The van der Waals surface area contributed by atoms with Gasteiger partial charge in [-0.15, -0.1) is 0 Å². The van der Waals surface area contributed by atoms with Gasteiger partial charge in [0.25, 0.3) is 5.91 Å². The molecule has 4 rings (SSSR count). The van der Waals surface area contributed by atoms with Crippen molar-refractivity contribution in [2.45, 2.75) is 19.4 Å². The number of rotatable bonds is 4. The number of benzene rings is 1. The van der Waals surface area contributed by atoms with Crippen molar-refractivity contribution in [1.82, 2.24) is 15.1 Å². The molecule has 0 saturated carbocycles. The molecule has 6 heteroatoms. The third-order valence-electron chi connectivity index (χ3n) is 4.27. The van der Waals surface area contributed by atoms with Crippen LogP contribution in [0, 0.1) is 0 Å². The van der Waals surface area contributed by atoms with Crippen molar-refractivity contribution in [1.29, 1.82) is 0 Å². The minimum Gasteiger partial charge on any atom is -0.463 e. The number of fused-ring (bicyclic) bond motifs is 1. The molecule has 0 unspecified atom stereocenters. The van der Waals surface area contributed by atoms with E-state index in [1.807, 2.05) is 41.3 Å². The van der Waals surface area contributed by atoms with E-state index in [0.29, 0.717) is 23.0 Å². The van der Waals surface area contributed by atoms with Crippen LogP contribution in [0.15, 0.2) is 47.1 Å². The molecular weight excluding hydrogens is 326 g/mol. The Labute approximate surface area is 144 Å². The zero-order valence-electron chi connectivity index (χ0n) is 13.1. The van der Waals surface area contributed by atoms with E-state index < -0.39 is 0 Å². The molecule has 0 fully saturated rings. The average molecular weight is 342 g/mol. The van der Waals surface area contributed by atoms with Crippen molar-refractivity contribution in [3.63, 3.8) is 0 Å². The van der Waals surface area contributed by atoms with Gasteiger partial charge in [0.2, 0.25) is 0 Å². The molecule has 0 saturated heterocycles. The lowest BCUT2D eigenvalue weighted by Gasteiger charge is -2.25. The van der Waals surface area contributed by atoms with Gasteiger partial charge in [-0.3, -0.25) is 9.89 Å². The van der Waals surface area contributed by atoms with Gasteiger partial charge < -0.3 is 9.32 Å². The summed E-state index contributed by atoms with van der Waals surface area (Å²) in [5.74, 6) is 0.620. The van der Waals surface area contributed by atoms with E-state index in [-0.39, 0.29) is 11.9 Å². The first-order valence-electron chi connectivity index (χ1n) is 7.89. The molecule has 1 aliphatic heterocycles. The molecular formula is C18H16ClN3O2. The fourth-order valence-corrected chi connectivity index (χ4v) is 3.39. The number of nitrogens with zero attached hydrogens (tertiary/aromatic N) is 2. The summed E-state index contributed by atoms with van der Waals surface area (Å²) in [5.41, 5.74) is 3.09. The fraction of sp³-hybridized carbons (Fsp3) is 0.222. The molecule has 5 nitrogen and oxygen atoms in total. The van der Waals surface area contributed by atoms with Crippen LogP contribution in [0.25, 0.3) is 11.5 Å². The normalized spacial score (nSPS) is 16.7. The van der Waals surface area contributed by atoms with Crippen LogP contribution < -0.4 is 0 Å². The molecule has 1 aromatic carbocycles. The molecule has 0 spiro atoms. The van der Waals surface area contributed by atoms with Crippen molar-refractivity contribution in [3.8, 4) is 11.5 Å². The molecule has 0 bridgehead atoms.